The largest absolute Gasteiger partial charge is 0.356 e. The molecule has 0 amide bonds. The molecule has 0 unspecified atom stereocenters. The summed E-state index contributed by atoms with van der Waals surface area (Å²) >= 11 is 3.61. The molecule has 2 aliphatic rings. The summed E-state index contributed by atoms with van der Waals surface area (Å²) in [7, 11) is 1.92. The second-order valence-corrected chi connectivity index (χ2v) is 10.4. The van der Waals surface area contributed by atoms with Gasteiger partial charge in [-0.15, -0.1) is 46.7 Å². The van der Waals surface area contributed by atoms with Gasteiger partial charge in [-0.3, -0.25) is 14.8 Å². The Balaban J connectivity index is 0.00000272. The van der Waals surface area contributed by atoms with Crippen molar-refractivity contribution in [2.45, 2.75) is 32.9 Å². The van der Waals surface area contributed by atoms with Gasteiger partial charge in [0.25, 0.3) is 0 Å². The Hall–Kier alpha value is -0.750. The van der Waals surface area contributed by atoms with Gasteiger partial charge in [0.1, 0.15) is 0 Å². The first-order valence-corrected chi connectivity index (χ1v) is 12.8. The van der Waals surface area contributed by atoms with Crippen LogP contribution in [0.4, 0.5) is 0 Å². The number of thiazole rings is 1. The predicted octanol–water partition coefficient (Wildman–Crippen LogP) is 3.74. The summed E-state index contributed by atoms with van der Waals surface area (Å²) in [6, 6.07) is 4.38. The Kier molecular flexibility index (Phi) is 10.0. The maximum Gasteiger partial charge on any atom is 0.193 e. The number of rotatable bonds is 6. The highest BCUT2D eigenvalue weighted by atomic mass is 127. The standard InChI is InChI=1S/C22H34N6S2.HI/c1-18-25-20(17-30-18)15-26-7-5-19(6-8-26)14-24-22(23-2)28-11-9-27(10-12-28)16-21-4-3-13-29-21;/h3-4,13,17,19H,5-12,14-16H2,1-2H3,(H,23,24);1H. The van der Waals surface area contributed by atoms with E-state index >= 15 is 0 Å². The number of nitrogens with zero attached hydrogens (tertiary/aromatic N) is 5. The van der Waals surface area contributed by atoms with Crippen LogP contribution in [-0.4, -0.2) is 78.5 Å². The third kappa shape index (κ3) is 7.38. The molecule has 2 aromatic heterocycles. The Morgan fingerprint density at radius 3 is 2.45 bits per heavy atom. The molecule has 0 aromatic carbocycles. The van der Waals surface area contributed by atoms with Crippen molar-refractivity contribution in [3.8, 4) is 0 Å². The van der Waals surface area contributed by atoms with Gasteiger partial charge in [0.2, 0.25) is 0 Å². The van der Waals surface area contributed by atoms with E-state index in [1.807, 2.05) is 18.4 Å². The lowest BCUT2D eigenvalue weighted by atomic mass is 9.97. The predicted molar refractivity (Wildman–Crippen MR) is 143 cm³/mol. The zero-order valence-electron chi connectivity index (χ0n) is 18.6. The van der Waals surface area contributed by atoms with E-state index in [0.29, 0.717) is 0 Å². The molecule has 2 aliphatic heterocycles. The molecule has 4 heterocycles. The molecule has 0 atom stereocenters. The molecule has 9 heteroatoms. The lowest BCUT2D eigenvalue weighted by molar-refractivity contribution is 0.167. The maximum absolute atomic E-state index is 4.61. The van der Waals surface area contributed by atoms with E-state index in [1.54, 1.807) is 11.3 Å². The minimum Gasteiger partial charge on any atom is -0.356 e. The van der Waals surface area contributed by atoms with Crippen LogP contribution in [0.1, 0.15) is 28.4 Å². The van der Waals surface area contributed by atoms with Gasteiger partial charge in [0, 0.05) is 63.1 Å². The summed E-state index contributed by atoms with van der Waals surface area (Å²) < 4.78 is 0. The number of piperidine rings is 1. The molecular weight excluding hydrogens is 539 g/mol. The number of guanidine groups is 1. The van der Waals surface area contributed by atoms with Gasteiger partial charge in [-0.25, -0.2) is 4.98 Å². The number of piperazine rings is 1. The average Bonchev–Trinajstić information content (AvgIpc) is 3.42. The van der Waals surface area contributed by atoms with Gasteiger partial charge in [0.05, 0.1) is 10.7 Å². The maximum atomic E-state index is 4.61. The number of nitrogens with one attached hydrogen (secondary N) is 1. The summed E-state index contributed by atoms with van der Waals surface area (Å²) in [4.78, 5) is 18.2. The SMILES string of the molecule is CN=C(NCC1CCN(Cc2csc(C)n2)CC1)N1CCN(Cc2cccs2)CC1.I. The highest BCUT2D eigenvalue weighted by molar-refractivity contribution is 14.0. The summed E-state index contributed by atoms with van der Waals surface area (Å²) in [6.07, 6.45) is 2.50. The fourth-order valence-electron chi connectivity index (χ4n) is 4.37. The third-order valence-electron chi connectivity index (χ3n) is 6.15. The van der Waals surface area contributed by atoms with E-state index in [1.165, 1.54) is 41.5 Å². The van der Waals surface area contributed by atoms with Gasteiger partial charge in [-0.05, 0) is 50.2 Å². The van der Waals surface area contributed by atoms with Crippen molar-refractivity contribution < 1.29 is 0 Å². The molecule has 31 heavy (non-hydrogen) atoms. The van der Waals surface area contributed by atoms with Crippen LogP contribution in [0.2, 0.25) is 0 Å². The van der Waals surface area contributed by atoms with Crippen LogP contribution in [0.3, 0.4) is 0 Å². The van der Waals surface area contributed by atoms with Crippen LogP contribution in [0.5, 0.6) is 0 Å². The highest BCUT2D eigenvalue weighted by Gasteiger charge is 2.23. The second kappa shape index (κ2) is 12.5. The first-order chi connectivity index (χ1) is 14.7. The van der Waals surface area contributed by atoms with Gasteiger partial charge >= 0.3 is 0 Å². The molecule has 0 saturated carbocycles. The second-order valence-electron chi connectivity index (χ2n) is 8.35. The molecular formula is C22H35IN6S2. The first-order valence-electron chi connectivity index (χ1n) is 11.0. The molecule has 0 bridgehead atoms. The van der Waals surface area contributed by atoms with E-state index in [-0.39, 0.29) is 24.0 Å². The third-order valence-corrected chi connectivity index (χ3v) is 7.83. The Morgan fingerprint density at radius 1 is 1.10 bits per heavy atom. The summed E-state index contributed by atoms with van der Waals surface area (Å²) in [5.74, 6) is 1.81. The molecule has 0 spiro atoms. The van der Waals surface area contributed by atoms with Gasteiger partial charge < -0.3 is 10.2 Å². The molecule has 0 aliphatic carbocycles. The van der Waals surface area contributed by atoms with Gasteiger partial charge in [-0.2, -0.15) is 0 Å². The number of aromatic nitrogens is 1. The molecule has 2 fully saturated rings. The zero-order chi connectivity index (χ0) is 20.8. The lowest BCUT2D eigenvalue weighted by Gasteiger charge is -2.37. The normalized spacial score (nSPS) is 19.4. The number of likely N-dealkylation sites (tertiary alicyclic amines) is 1. The fourth-order valence-corrected chi connectivity index (χ4v) is 5.72. The monoisotopic (exact) mass is 574 g/mol. The minimum absolute atomic E-state index is 0. The molecule has 1 N–H and O–H groups in total. The van der Waals surface area contributed by atoms with Crippen molar-refractivity contribution in [2.24, 2.45) is 10.9 Å². The molecule has 172 valence electrons. The smallest absolute Gasteiger partial charge is 0.193 e. The van der Waals surface area contributed by atoms with Crippen molar-refractivity contribution in [1.29, 1.82) is 0 Å². The topological polar surface area (TPSA) is 47.0 Å². The Bertz CT molecular complexity index is 793. The Labute approximate surface area is 211 Å². The van der Waals surface area contributed by atoms with Crippen molar-refractivity contribution in [1.82, 2.24) is 25.0 Å². The number of thiophene rings is 1. The molecule has 0 radical (unpaired) electrons. The van der Waals surface area contributed by atoms with E-state index < -0.39 is 0 Å². The van der Waals surface area contributed by atoms with Crippen LogP contribution in [0.15, 0.2) is 27.9 Å². The number of halogens is 1. The van der Waals surface area contributed by atoms with Crippen LogP contribution >= 0.6 is 46.7 Å². The van der Waals surface area contributed by atoms with Crippen LogP contribution in [-0.2, 0) is 13.1 Å². The molecule has 6 nitrogen and oxygen atoms in total. The quantitative estimate of drug-likeness (QED) is 0.324. The lowest BCUT2D eigenvalue weighted by Crippen LogP contribution is -2.53. The molecule has 2 aromatic rings. The van der Waals surface area contributed by atoms with E-state index in [9.17, 15) is 0 Å². The Morgan fingerprint density at radius 2 is 1.84 bits per heavy atom. The van der Waals surface area contributed by atoms with Gasteiger partial charge in [-0.1, -0.05) is 6.07 Å². The summed E-state index contributed by atoms with van der Waals surface area (Å²) in [6.45, 7) is 11.9. The summed E-state index contributed by atoms with van der Waals surface area (Å²) in [5.41, 5.74) is 1.23. The van der Waals surface area contributed by atoms with Gasteiger partial charge in [0.15, 0.2) is 5.96 Å². The van der Waals surface area contributed by atoms with E-state index in [0.717, 1.165) is 57.7 Å². The number of hydrogen-bond donors (Lipinski definition) is 1. The van der Waals surface area contributed by atoms with Crippen LogP contribution < -0.4 is 5.32 Å². The fraction of sp³-hybridized carbons (Fsp3) is 0.636. The van der Waals surface area contributed by atoms with Crippen molar-refractivity contribution in [3.05, 3.63) is 38.5 Å². The van der Waals surface area contributed by atoms with Crippen LogP contribution in [0, 0.1) is 12.8 Å². The zero-order valence-corrected chi connectivity index (χ0v) is 22.6. The highest BCUT2D eigenvalue weighted by Crippen LogP contribution is 2.19. The van der Waals surface area contributed by atoms with Crippen molar-refractivity contribution in [3.63, 3.8) is 0 Å². The molecule has 4 rings (SSSR count). The van der Waals surface area contributed by atoms with Crippen molar-refractivity contribution >= 4 is 52.6 Å². The van der Waals surface area contributed by atoms with Crippen LogP contribution in [0.25, 0.3) is 0 Å². The van der Waals surface area contributed by atoms with E-state index in [4.69, 9.17) is 0 Å². The number of aliphatic imine (C=N–C) groups is 1. The summed E-state index contributed by atoms with van der Waals surface area (Å²) in [5, 5.41) is 9.21. The first kappa shape index (κ1) is 24.9. The van der Waals surface area contributed by atoms with Crippen molar-refractivity contribution in [2.75, 3.05) is 52.9 Å². The molecule has 2 saturated heterocycles. The van der Waals surface area contributed by atoms with E-state index in [2.05, 4.69) is 59.8 Å². The number of aryl methyl sites for hydroxylation is 1. The minimum atomic E-state index is 0. The average molecular weight is 575 g/mol. The number of hydrogen-bond acceptors (Lipinski definition) is 6.